The Kier molecular flexibility index (Phi) is 9.67. The second kappa shape index (κ2) is 12.4. The van der Waals surface area contributed by atoms with Gasteiger partial charge in [-0.25, -0.2) is 10.2 Å². The Labute approximate surface area is 199 Å². The van der Waals surface area contributed by atoms with E-state index in [4.69, 9.17) is 14.2 Å². The molecule has 2 N–H and O–H groups in total. The van der Waals surface area contributed by atoms with Crippen LogP contribution in [0.25, 0.3) is 0 Å². The van der Waals surface area contributed by atoms with Gasteiger partial charge in [-0.05, 0) is 64.8 Å². The van der Waals surface area contributed by atoms with Crippen LogP contribution in [0.3, 0.4) is 0 Å². The topological polar surface area (TPSA) is 125 Å². The zero-order valence-corrected chi connectivity index (χ0v) is 20.1. The molecule has 0 heterocycles. The Morgan fingerprint density at radius 2 is 1.76 bits per heavy atom. The highest BCUT2D eigenvalue weighted by Gasteiger charge is 2.21. The minimum absolute atomic E-state index is 0.286. The summed E-state index contributed by atoms with van der Waals surface area (Å²) < 4.78 is 20.8. The average molecular weight is 522 g/mol. The molecule has 2 aromatic rings. The first kappa shape index (κ1) is 25.7. The second-order valence-electron chi connectivity index (χ2n) is 6.57. The van der Waals surface area contributed by atoms with Gasteiger partial charge in [0, 0.05) is 5.69 Å². The highest BCUT2D eigenvalue weighted by molar-refractivity contribution is 9.10. The number of nitrogens with one attached hydrogen (secondary N) is 2. The van der Waals surface area contributed by atoms with Crippen molar-refractivity contribution >= 4 is 45.6 Å². The molecule has 10 nitrogen and oxygen atoms in total. The summed E-state index contributed by atoms with van der Waals surface area (Å²) in [6, 6.07) is 10.00. The summed E-state index contributed by atoms with van der Waals surface area (Å²) in [6.07, 6.45) is 1.38. The number of ether oxygens (including phenoxy) is 4. The molecule has 1 atom stereocenters. The number of benzene rings is 2. The molecule has 176 valence electrons. The summed E-state index contributed by atoms with van der Waals surface area (Å²) in [5.74, 6) is -1.28. The SMILES string of the molecule is COC(=O)COc1c(Br)cc(C=NNC(=O)C(C)C(=O)Nc2ccc(OC)cc2)cc1OC. The van der Waals surface area contributed by atoms with Crippen molar-refractivity contribution in [3.63, 3.8) is 0 Å². The third-order valence-corrected chi connectivity index (χ3v) is 4.94. The zero-order chi connectivity index (χ0) is 24.4. The van der Waals surface area contributed by atoms with Gasteiger partial charge in [0.05, 0.1) is 32.0 Å². The van der Waals surface area contributed by atoms with Gasteiger partial charge >= 0.3 is 5.97 Å². The number of carbonyl (C=O) groups excluding carboxylic acids is 3. The molecular formula is C22H24BrN3O7. The molecule has 33 heavy (non-hydrogen) atoms. The predicted octanol–water partition coefficient (Wildman–Crippen LogP) is 2.74. The van der Waals surface area contributed by atoms with Crippen molar-refractivity contribution in [2.75, 3.05) is 33.3 Å². The highest BCUT2D eigenvalue weighted by Crippen LogP contribution is 2.36. The van der Waals surface area contributed by atoms with Crippen molar-refractivity contribution in [2.45, 2.75) is 6.92 Å². The molecule has 11 heteroatoms. The van der Waals surface area contributed by atoms with Crippen molar-refractivity contribution in [2.24, 2.45) is 11.0 Å². The van der Waals surface area contributed by atoms with Crippen LogP contribution in [0.1, 0.15) is 12.5 Å². The molecule has 0 saturated heterocycles. The first-order valence-electron chi connectivity index (χ1n) is 9.64. The molecule has 0 aromatic heterocycles. The molecule has 2 rings (SSSR count). The maximum absolute atomic E-state index is 12.3. The van der Waals surface area contributed by atoms with Gasteiger partial charge in [0.25, 0.3) is 5.91 Å². The van der Waals surface area contributed by atoms with E-state index in [2.05, 4.69) is 36.5 Å². The number of halogens is 1. The van der Waals surface area contributed by atoms with Gasteiger partial charge in [0.2, 0.25) is 5.91 Å². The van der Waals surface area contributed by atoms with E-state index in [0.29, 0.717) is 33.0 Å². The molecule has 0 spiro atoms. The number of hydrogen-bond acceptors (Lipinski definition) is 8. The van der Waals surface area contributed by atoms with Crippen LogP contribution < -0.4 is 25.0 Å². The highest BCUT2D eigenvalue weighted by atomic mass is 79.9. The molecule has 2 amide bonds. The van der Waals surface area contributed by atoms with Crippen LogP contribution in [0.2, 0.25) is 0 Å². The number of carbonyl (C=O) groups is 3. The number of anilines is 1. The van der Waals surface area contributed by atoms with Crippen molar-refractivity contribution in [3.8, 4) is 17.2 Å². The van der Waals surface area contributed by atoms with Gasteiger partial charge in [-0.1, -0.05) is 0 Å². The largest absolute Gasteiger partial charge is 0.497 e. The Morgan fingerprint density at radius 3 is 2.36 bits per heavy atom. The third-order valence-electron chi connectivity index (χ3n) is 4.35. The first-order chi connectivity index (χ1) is 15.8. The van der Waals surface area contributed by atoms with Gasteiger partial charge in [-0.2, -0.15) is 5.10 Å². The Balaban J connectivity index is 1.98. The summed E-state index contributed by atoms with van der Waals surface area (Å²) >= 11 is 3.35. The fourth-order valence-corrected chi connectivity index (χ4v) is 3.03. The number of nitrogens with zero attached hydrogens (tertiary/aromatic N) is 1. The van der Waals surface area contributed by atoms with Gasteiger partial charge in [-0.15, -0.1) is 0 Å². The summed E-state index contributed by atoms with van der Waals surface area (Å²) in [5.41, 5.74) is 3.44. The molecule has 1 unspecified atom stereocenters. The van der Waals surface area contributed by atoms with Gasteiger partial charge < -0.3 is 24.3 Å². The molecule has 0 radical (unpaired) electrons. The number of rotatable bonds is 10. The zero-order valence-electron chi connectivity index (χ0n) is 18.5. The number of hydrogen-bond donors (Lipinski definition) is 2. The van der Waals surface area contributed by atoms with E-state index in [9.17, 15) is 14.4 Å². The van der Waals surface area contributed by atoms with Crippen LogP contribution in [0, 0.1) is 5.92 Å². The lowest BCUT2D eigenvalue weighted by molar-refractivity contribution is -0.143. The molecule has 0 aliphatic carbocycles. The number of esters is 1. The Hall–Kier alpha value is -3.60. The van der Waals surface area contributed by atoms with E-state index in [0.717, 1.165) is 0 Å². The van der Waals surface area contributed by atoms with Crippen molar-refractivity contribution in [1.29, 1.82) is 0 Å². The molecule has 0 aliphatic rings. The van der Waals surface area contributed by atoms with Crippen LogP contribution in [0.5, 0.6) is 17.2 Å². The number of hydrazone groups is 1. The molecule has 0 saturated carbocycles. The van der Waals surface area contributed by atoms with E-state index in [-0.39, 0.29) is 6.61 Å². The summed E-state index contributed by atoms with van der Waals surface area (Å²) in [7, 11) is 4.25. The van der Waals surface area contributed by atoms with Crippen molar-refractivity contribution in [3.05, 3.63) is 46.4 Å². The van der Waals surface area contributed by atoms with Crippen LogP contribution in [0.15, 0.2) is 46.0 Å². The molecule has 0 aliphatic heterocycles. The number of methoxy groups -OCH3 is 3. The summed E-state index contributed by atoms with van der Waals surface area (Å²) in [6.45, 7) is 1.18. The lowest BCUT2D eigenvalue weighted by Gasteiger charge is -2.13. The van der Waals surface area contributed by atoms with Gasteiger partial charge in [0.15, 0.2) is 18.1 Å². The minimum Gasteiger partial charge on any atom is -0.497 e. The Morgan fingerprint density at radius 1 is 1.06 bits per heavy atom. The number of amides is 2. The van der Waals surface area contributed by atoms with E-state index < -0.39 is 23.7 Å². The van der Waals surface area contributed by atoms with Crippen molar-refractivity contribution < 1.29 is 33.3 Å². The molecular weight excluding hydrogens is 498 g/mol. The fraction of sp³-hybridized carbons (Fsp3) is 0.273. The third kappa shape index (κ3) is 7.49. The summed E-state index contributed by atoms with van der Waals surface area (Å²) in [4.78, 5) is 35.9. The molecule has 0 bridgehead atoms. The minimum atomic E-state index is -0.986. The standard InChI is InChI=1S/C22H24BrN3O7/c1-13(21(28)25-15-5-7-16(30-2)8-6-15)22(29)26-24-11-14-9-17(23)20(18(10-14)31-3)33-12-19(27)32-4/h5-11,13H,12H2,1-4H3,(H,25,28)(H,26,29). The van der Waals surface area contributed by atoms with Gasteiger partial charge in [-0.3, -0.25) is 9.59 Å². The van der Waals surface area contributed by atoms with Gasteiger partial charge in [0.1, 0.15) is 11.7 Å². The lowest BCUT2D eigenvalue weighted by Crippen LogP contribution is -2.34. The van der Waals surface area contributed by atoms with E-state index in [1.54, 1.807) is 43.5 Å². The normalized spacial score (nSPS) is 11.4. The predicted molar refractivity (Wildman–Crippen MR) is 125 cm³/mol. The van der Waals surface area contributed by atoms with E-state index in [1.165, 1.54) is 27.4 Å². The second-order valence-corrected chi connectivity index (χ2v) is 7.43. The first-order valence-corrected chi connectivity index (χ1v) is 10.4. The van der Waals surface area contributed by atoms with Crippen LogP contribution in [0.4, 0.5) is 5.69 Å². The lowest BCUT2D eigenvalue weighted by atomic mass is 10.1. The maximum Gasteiger partial charge on any atom is 0.343 e. The monoisotopic (exact) mass is 521 g/mol. The maximum atomic E-state index is 12.3. The average Bonchev–Trinajstić information content (AvgIpc) is 2.82. The van der Waals surface area contributed by atoms with E-state index in [1.807, 2.05) is 0 Å². The van der Waals surface area contributed by atoms with Crippen LogP contribution >= 0.6 is 15.9 Å². The smallest absolute Gasteiger partial charge is 0.343 e. The van der Waals surface area contributed by atoms with E-state index >= 15 is 0 Å². The molecule has 0 fully saturated rings. The Bertz CT molecular complexity index is 1030. The quantitative estimate of drug-likeness (QED) is 0.213. The summed E-state index contributed by atoms with van der Waals surface area (Å²) in [5, 5.41) is 6.55. The van der Waals surface area contributed by atoms with Crippen LogP contribution in [-0.4, -0.2) is 51.9 Å². The fourth-order valence-electron chi connectivity index (χ4n) is 2.46. The van der Waals surface area contributed by atoms with Crippen LogP contribution in [-0.2, 0) is 19.1 Å². The van der Waals surface area contributed by atoms with Crippen molar-refractivity contribution in [1.82, 2.24) is 5.43 Å². The molecule has 2 aromatic carbocycles.